The van der Waals surface area contributed by atoms with E-state index in [0.29, 0.717) is 6.54 Å². The molecule has 2 aromatic rings. The Morgan fingerprint density at radius 2 is 1.85 bits per heavy atom. The molecule has 1 amide bonds. The van der Waals surface area contributed by atoms with Crippen LogP contribution in [0.2, 0.25) is 0 Å². The van der Waals surface area contributed by atoms with Crippen LogP contribution in [-0.4, -0.2) is 33.2 Å². The van der Waals surface area contributed by atoms with Gasteiger partial charge in [-0.1, -0.05) is 30.3 Å². The number of nitrogens with one attached hydrogen (secondary N) is 2. The molecule has 2 aromatic carbocycles. The van der Waals surface area contributed by atoms with Gasteiger partial charge in [0.1, 0.15) is 12.6 Å². The average Bonchev–Trinajstić information content (AvgIpc) is 2.66. The Balaban J connectivity index is 1.93. The molecule has 0 aromatic heterocycles. The van der Waals surface area contributed by atoms with Crippen LogP contribution in [0.1, 0.15) is 29.7 Å². The van der Waals surface area contributed by atoms with Crippen LogP contribution in [0.3, 0.4) is 0 Å². The molecule has 5 nitrogen and oxygen atoms in total. The number of carbonyl (C=O) groups is 1. The Hall–Kier alpha value is -2.53. The summed E-state index contributed by atoms with van der Waals surface area (Å²) >= 11 is 0. The second-order valence-electron chi connectivity index (χ2n) is 6.72. The maximum absolute atomic E-state index is 11.5. The first kappa shape index (κ1) is 18.3. The van der Waals surface area contributed by atoms with Crippen molar-refractivity contribution in [2.75, 3.05) is 27.3 Å². The molecule has 138 valence electrons. The molecule has 0 saturated carbocycles. The van der Waals surface area contributed by atoms with Crippen LogP contribution in [0.4, 0.5) is 0 Å². The fourth-order valence-electron chi connectivity index (χ4n) is 3.74. The molecule has 3 rings (SSSR count). The van der Waals surface area contributed by atoms with Gasteiger partial charge >= 0.3 is 0 Å². The summed E-state index contributed by atoms with van der Waals surface area (Å²) in [5.74, 6) is 1.49. The zero-order valence-electron chi connectivity index (χ0n) is 15.7. The number of methoxy groups -OCH3 is 2. The van der Waals surface area contributed by atoms with Crippen LogP contribution in [0, 0.1) is 0 Å². The van der Waals surface area contributed by atoms with Gasteiger partial charge in [-0.15, -0.1) is 0 Å². The Morgan fingerprint density at radius 1 is 1.15 bits per heavy atom. The summed E-state index contributed by atoms with van der Waals surface area (Å²) in [6.07, 6.45) is 0.981. The first-order chi connectivity index (χ1) is 12.6. The van der Waals surface area contributed by atoms with E-state index < -0.39 is 0 Å². The van der Waals surface area contributed by atoms with E-state index >= 15 is 0 Å². The summed E-state index contributed by atoms with van der Waals surface area (Å²) in [7, 11) is 3.32. The van der Waals surface area contributed by atoms with E-state index in [0.717, 1.165) is 31.0 Å². The van der Waals surface area contributed by atoms with Crippen molar-refractivity contribution in [2.24, 2.45) is 0 Å². The van der Waals surface area contributed by atoms with Crippen molar-refractivity contribution in [3.63, 3.8) is 0 Å². The molecule has 0 saturated heterocycles. The largest absolute Gasteiger partial charge is 0.493 e. The molecule has 0 bridgehead atoms. The van der Waals surface area contributed by atoms with Gasteiger partial charge in [-0.2, -0.15) is 0 Å². The van der Waals surface area contributed by atoms with E-state index in [1.807, 2.05) is 6.07 Å². The van der Waals surface area contributed by atoms with Gasteiger partial charge in [-0.05, 0) is 17.7 Å². The predicted octanol–water partition coefficient (Wildman–Crippen LogP) is 1.52. The smallest absolute Gasteiger partial charge is 0.217 e. The molecule has 2 atom stereocenters. The van der Waals surface area contributed by atoms with Crippen molar-refractivity contribution in [2.45, 2.75) is 25.9 Å². The summed E-state index contributed by atoms with van der Waals surface area (Å²) in [6.45, 7) is 4.12. The monoisotopic (exact) mass is 355 g/mol. The minimum absolute atomic E-state index is 0.00309. The van der Waals surface area contributed by atoms with Crippen LogP contribution in [0.5, 0.6) is 11.5 Å². The lowest BCUT2D eigenvalue weighted by Crippen LogP contribution is -3.12. The molecule has 0 fully saturated rings. The molecule has 2 N–H and O–H groups in total. The highest BCUT2D eigenvalue weighted by Gasteiger charge is 2.32. The van der Waals surface area contributed by atoms with Crippen LogP contribution in [-0.2, 0) is 17.8 Å². The molecule has 1 unspecified atom stereocenters. The van der Waals surface area contributed by atoms with E-state index in [1.165, 1.54) is 21.6 Å². The Labute approximate surface area is 154 Å². The standard InChI is InChI=1S/C21H26N2O3/c1-15(24)22-13-19-18-12-21(26-3)20(25-2)11-17(18)9-10-23(19)14-16-7-5-4-6-8-16/h4-8,11-12,19H,9-10,13-14H2,1-3H3,(H,22,24)/p+1/t19-/m1/s1. The molecule has 26 heavy (non-hydrogen) atoms. The Morgan fingerprint density at radius 3 is 2.50 bits per heavy atom. The highest BCUT2D eigenvalue weighted by atomic mass is 16.5. The number of carbonyl (C=O) groups excluding carboxylic acids is 1. The quantitative estimate of drug-likeness (QED) is 0.826. The number of ether oxygens (including phenoxy) is 2. The summed E-state index contributed by atoms with van der Waals surface area (Å²) < 4.78 is 11.0. The highest BCUT2D eigenvalue weighted by Crippen LogP contribution is 2.34. The predicted molar refractivity (Wildman–Crippen MR) is 101 cm³/mol. The normalized spacial score (nSPS) is 18.7. The number of hydrogen-bond donors (Lipinski definition) is 2. The third-order valence-electron chi connectivity index (χ3n) is 5.06. The minimum atomic E-state index is -0.00309. The number of benzene rings is 2. The van der Waals surface area contributed by atoms with Crippen molar-refractivity contribution < 1.29 is 19.2 Å². The topological polar surface area (TPSA) is 52.0 Å². The second-order valence-corrected chi connectivity index (χ2v) is 6.72. The van der Waals surface area contributed by atoms with Gasteiger partial charge < -0.3 is 19.7 Å². The third-order valence-corrected chi connectivity index (χ3v) is 5.06. The summed E-state index contributed by atoms with van der Waals surface area (Å²) in [5.41, 5.74) is 3.81. The average molecular weight is 355 g/mol. The van der Waals surface area contributed by atoms with Crippen molar-refractivity contribution >= 4 is 5.91 Å². The number of amides is 1. The van der Waals surface area contributed by atoms with E-state index in [9.17, 15) is 4.79 Å². The van der Waals surface area contributed by atoms with E-state index in [-0.39, 0.29) is 11.9 Å². The van der Waals surface area contributed by atoms with Crippen LogP contribution in [0.25, 0.3) is 0 Å². The molecule has 0 radical (unpaired) electrons. The van der Waals surface area contributed by atoms with E-state index in [1.54, 1.807) is 21.1 Å². The summed E-state index contributed by atoms with van der Waals surface area (Å²) in [6, 6.07) is 14.8. The van der Waals surface area contributed by atoms with Gasteiger partial charge in [0.2, 0.25) is 5.91 Å². The molecule has 1 aliphatic heterocycles. The second kappa shape index (κ2) is 8.23. The van der Waals surface area contributed by atoms with Crippen LogP contribution >= 0.6 is 0 Å². The molecule has 5 heteroatoms. The lowest BCUT2D eigenvalue weighted by atomic mass is 9.91. The summed E-state index contributed by atoms with van der Waals surface area (Å²) in [4.78, 5) is 13.0. The number of hydrogen-bond acceptors (Lipinski definition) is 3. The lowest BCUT2D eigenvalue weighted by Gasteiger charge is -2.35. The Bertz CT molecular complexity index is 761. The lowest BCUT2D eigenvalue weighted by molar-refractivity contribution is -0.945. The zero-order chi connectivity index (χ0) is 18.5. The maximum atomic E-state index is 11.5. The highest BCUT2D eigenvalue weighted by molar-refractivity contribution is 5.72. The number of rotatable bonds is 6. The first-order valence-corrected chi connectivity index (χ1v) is 9.00. The molecular weight excluding hydrogens is 328 g/mol. The van der Waals surface area contributed by atoms with Gasteiger partial charge in [0.25, 0.3) is 0 Å². The molecule has 1 heterocycles. The SMILES string of the molecule is COc1cc2c(cc1OC)[C@@H](CNC(C)=O)[NH+](Cc1ccccc1)CC2. The van der Waals surface area contributed by atoms with Gasteiger partial charge in [0.05, 0.1) is 27.3 Å². The molecular formula is C21H27N2O3+. The number of quaternary nitrogens is 1. The molecule has 0 aliphatic carbocycles. The van der Waals surface area contributed by atoms with Crippen LogP contribution in [0.15, 0.2) is 42.5 Å². The molecule has 0 spiro atoms. The first-order valence-electron chi connectivity index (χ1n) is 9.00. The van der Waals surface area contributed by atoms with E-state index in [4.69, 9.17) is 9.47 Å². The Kier molecular flexibility index (Phi) is 5.78. The van der Waals surface area contributed by atoms with Gasteiger partial charge in [-0.25, -0.2) is 0 Å². The third kappa shape index (κ3) is 3.99. The van der Waals surface area contributed by atoms with Crippen molar-refractivity contribution in [1.82, 2.24) is 5.32 Å². The fraction of sp³-hybridized carbons (Fsp3) is 0.381. The van der Waals surface area contributed by atoms with E-state index in [2.05, 4.69) is 41.7 Å². The van der Waals surface area contributed by atoms with Gasteiger partial charge in [0.15, 0.2) is 11.5 Å². The summed E-state index contributed by atoms with van der Waals surface area (Å²) in [5, 5.41) is 3.01. The molecule has 1 aliphatic rings. The maximum Gasteiger partial charge on any atom is 0.217 e. The zero-order valence-corrected chi connectivity index (χ0v) is 15.7. The van der Waals surface area contributed by atoms with Crippen molar-refractivity contribution in [3.8, 4) is 11.5 Å². The van der Waals surface area contributed by atoms with Crippen molar-refractivity contribution in [1.29, 1.82) is 0 Å². The number of fused-ring (bicyclic) bond motifs is 1. The minimum Gasteiger partial charge on any atom is -0.493 e. The van der Waals surface area contributed by atoms with Gasteiger partial charge in [-0.3, -0.25) is 4.79 Å². The van der Waals surface area contributed by atoms with Crippen molar-refractivity contribution in [3.05, 3.63) is 59.2 Å². The fourth-order valence-corrected chi connectivity index (χ4v) is 3.74. The van der Waals surface area contributed by atoms with Gasteiger partial charge in [0, 0.05) is 24.5 Å². The van der Waals surface area contributed by atoms with Crippen LogP contribution < -0.4 is 19.7 Å².